The predicted octanol–water partition coefficient (Wildman–Crippen LogP) is 1.67. The lowest BCUT2D eigenvalue weighted by atomic mass is 10.2. The predicted molar refractivity (Wildman–Crippen MR) is 63.3 cm³/mol. The number of fused-ring (bicyclic) bond motifs is 1. The van der Waals surface area contributed by atoms with Crippen molar-refractivity contribution in [3.63, 3.8) is 0 Å². The van der Waals surface area contributed by atoms with Crippen LogP contribution in [0.4, 0.5) is 11.6 Å². The number of nitrogens with zero attached hydrogens (tertiary/aromatic N) is 3. The zero-order valence-corrected chi connectivity index (χ0v) is 9.06. The zero-order chi connectivity index (χ0) is 11.0. The summed E-state index contributed by atoms with van der Waals surface area (Å²) >= 11 is 0. The Kier molecular flexibility index (Phi) is 2.16. The lowest BCUT2D eigenvalue weighted by molar-refractivity contribution is 0.750. The molecule has 2 aromatic rings. The molecule has 0 bridgehead atoms. The Bertz CT molecular complexity index is 498. The average Bonchev–Trinajstić information content (AvgIpc) is 2.87. The molecule has 5 heteroatoms. The molecule has 3 N–H and O–H groups in total. The Labute approximate surface area is 93.7 Å². The maximum absolute atomic E-state index is 5.76. The number of hydrogen-bond donors (Lipinski definition) is 2. The van der Waals surface area contributed by atoms with E-state index < -0.39 is 0 Å². The van der Waals surface area contributed by atoms with Crippen molar-refractivity contribution in [1.29, 1.82) is 0 Å². The van der Waals surface area contributed by atoms with Gasteiger partial charge in [-0.2, -0.15) is 0 Å². The van der Waals surface area contributed by atoms with Gasteiger partial charge in [0.1, 0.15) is 5.82 Å². The molecule has 0 amide bonds. The van der Waals surface area contributed by atoms with E-state index in [0.717, 1.165) is 11.5 Å². The summed E-state index contributed by atoms with van der Waals surface area (Å²) < 4.78 is 1.90. The lowest BCUT2D eigenvalue weighted by Gasteiger charge is -2.13. The quantitative estimate of drug-likeness (QED) is 0.802. The Morgan fingerprint density at radius 1 is 1.38 bits per heavy atom. The van der Waals surface area contributed by atoms with E-state index >= 15 is 0 Å². The highest BCUT2D eigenvalue weighted by Crippen LogP contribution is 2.23. The van der Waals surface area contributed by atoms with Gasteiger partial charge in [-0.1, -0.05) is 12.8 Å². The van der Waals surface area contributed by atoms with Crippen molar-refractivity contribution < 1.29 is 0 Å². The first-order chi connectivity index (χ1) is 7.83. The monoisotopic (exact) mass is 217 g/mol. The molecule has 1 aliphatic rings. The van der Waals surface area contributed by atoms with Crippen molar-refractivity contribution in [3.8, 4) is 0 Å². The second-order valence-electron chi connectivity index (χ2n) is 4.30. The number of anilines is 2. The van der Waals surface area contributed by atoms with Gasteiger partial charge in [0.15, 0.2) is 11.5 Å². The third kappa shape index (κ3) is 1.58. The third-order valence-electron chi connectivity index (χ3n) is 3.09. The van der Waals surface area contributed by atoms with Gasteiger partial charge in [-0.25, -0.2) is 9.97 Å². The number of rotatable bonds is 2. The van der Waals surface area contributed by atoms with E-state index in [2.05, 4.69) is 15.3 Å². The Balaban J connectivity index is 1.97. The SMILES string of the molecule is Nc1cn2ccnc2c(NC2CCCC2)n1. The topological polar surface area (TPSA) is 68.2 Å². The second-order valence-corrected chi connectivity index (χ2v) is 4.30. The highest BCUT2D eigenvalue weighted by molar-refractivity contribution is 5.65. The fraction of sp³-hybridized carbons (Fsp3) is 0.455. The molecule has 84 valence electrons. The summed E-state index contributed by atoms with van der Waals surface area (Å²) in [5.41, 5.74) is 6.61. The molecule has 16 heavy (non-hydrogen) atoms. The molecular weight excluding hydrogens is 202 g/mol. The molecule has 0 radical (unpaired) electrons. The molecule has 2 heterocycles. The van der Waals surface area contributed by atoms with Crippen LogP contribution in [0.2, 0.25) is 0 Å². The van der Waals surface area contributed by atoms with E-state index in [0.29, 0.717) is 11.9 Å². The summed E-state index contributed by atoms with van der Waals surface area (Å²) in [5, 5.41) is 3.44. The molecule has 0 atom stereocenters. The molecule has 0 spiro atoms. The fourth-order valence-electron chi connectivity index (χ4n) is 2.31. The summed E-state index contributed by atoms with van der Waals surface area (Å²) in [6, 6.07) is 0.523. The molecule has 3 rings (SSSR count). The first-order valence-corrected chi connectivity index (χ1v) is 5.68. The highest BCUT2D eigenvalue weighted by Gasteiger charge is 2.17. The highest BCUT2D eigenvalue weighted by atomic mass is 15.1. The maximum atomic E-state index is 5.76. The normalized spacial score (nSPS) is 17.0. The van der Waals surface area contributed by atoms with Gasteiger partial charge in [0.25, 0.3) is 0 Å². The Morgan fingerprint density at radius 3 is 3.00 bits per heavy atom. The summed E-state index contributed by atoms with van der Waals surface area (Å²) in [7, 11) is 0. The van der Waals surface area contributed by atoms with Crippen molar-refractivity contribution in [2.75, 3.05) is 11.1 Å². The largest absolute Gasteiger partial charge is 0.382 e. The third-order valence-corrected chi connectivity index (χ3v) is 3.09. The van der Waals surface area contributed by atoms with E-state index in [4.69, 9.17) is 5.73 Å². The van der Waals surface area contributed by atoms with E-state index in [1.165, 1.54) is 25.7 Å². The van der Waals surface area contributed by atoms with Gasteiger partial charge in [0.05, 0.1) is 6.20 Å². The summed E-state index contributed by atoms with van der Waals surface area (Å²) in [6.07, 6.45) is 10.4. The summed E-state index contributed by atoms with van der Waals surface area (Å²) in [5.74, 6) is 1.32. The van der Waals surface area contributed by atoms with Gasteiger partial charge in [0.2, 0.25) is 0 Å². The molecule has 1 aliphatic carbocycles. The fourth-order valence-corrected chi connectivity index (χ4v) is 2.31. The van der Waals surface area contributed by atoms with Gasteiger partial charge in [-0.15, -0.1) is 0 Å². The van der Waals surface area contributed by atoms with Crippen LogP contribution >= 0.6 is 0 Å². The van der Waals surface area contributed by atoms with Crippen molar-refractivity contribution in [3.05, 3.63) is 18.6 Å². The van der Waals surface area contributed by atoms with Crippen molar-refractivity contribution in [1.82, 2.24) is 14.4 Å². The minimum Gasteiger partial charge on any atom is -0.382 e. The molecule has 1 fully saturated rings. The van der Waals surface area contributed by atoms with Gasteiger partial charge in [-0.3, -0.25) is 0 Å². The van der Waals surface area contributed by atoms with E-state index in [1.54, 1.807) is 12.4 Å². The van der Waals surface area contributed by atoms with Crippen LogP contribution in [0.5, 0.6) is 0 Å². The van der Waals surface area contributed by atoms with Crippen LogP contribution in [0.25, 0.3) is 5.65 Å². The van der Waals surface area contributed by atoms with Gasteiger partial charge >= 0.3 is 0 Å². The Hall–Kier alpha value is -1.78. The lowest BCUT2D eigenvalue weighted by Crippen LogP contribution is -2.17. The molecule has 0 unspecified atom stereocenters. The van der Waals surface area contributed by atoms with Crippen molar-refractivity contribution >= 4 is 17.3 Å². The number of imidazole rings is 1. The number of nitrogens with two attached hydrogens (primary N) is 1. The number of aromatic nitrogens is 3. The minimum atomic E-state index is 0.519. The van der Waals surface area contributed by atoms with Crippen LogP contribution in [-0.2, 0) is 0 Å². The molecular formula is C11H15N5. The Morgan fingerprint density at radius 2 is 2.19 bits per heavy atom. The van der Waals surface area contributed by atoms with E-state index in [9.17, 15) is 0 Å². The molecule has 1 saturated carbocycles. The van der Waals surface area contributed by atoms with E-state index in [-0.39, 0.29) is 0 Å². The van der Waals surface area contributed by atoms with Crippen LogP contribution in [0.3, 0.4) is 0 Å². The van der Waals surface area contributed by atoms with Crippen LogP contribution in [0.1, 0.15) is 25.7 Å². The maximum Gasteiger partial charge on any atom is 0.180 e. The molecule has 5 nitrogen and oxygen atoms in total. The number of hydrogen-bond acceptors (Lipinski definition) is 4. The van der Waals surface area contributed by atoms with Gasteiger partial charge in [-0.05, 0) is 12.8 Å². The summed E-state index contributed by atoms with van der Waals surface area (Å²) in [4.78, 5) is 8.60. The molecule has 0 saturated heterocycles. The van der Waals surface area contributed by atoms with E-state index in [1.807, 2.05) is 10.6 Å². The van der Waals surface area contributed by atoms with Crippen LogP contribution in [-0.4, -0.2) is 20.4 Å². The summed E-state index contributed by atoms with van der Waals surface area (Å²) in [6.45, 7) is 0. The van der Waals surface area contributed by atoms with Crippen molar-refractivity contribution in [2.24, 2.45) is 0 Å². The second kappa shape index (κ2) is 3.66. The molecule has 0 aliphatic heterocycles. The van der Waals surface area contributed by atoms with Crippen LogP contribution in [0.15, 0.2) is 18.6 Å². The van der Waals surface area contributed by atoms with Gasteiger partial charge in [0, 0.05) is 18.4 Å². The first-order valence-electron chi connectivity index (χ1n) is 5.68. The van der Waals surface area contributed by atoms with Crippen LogP contribution in [0, 0.1) is 0 Å². The van der Waals surface area contributed by atoms with Gasteiger partial charge < -0.3 is 15.5 Å². The first kappa shape index (κ1) is 9.45. The smallest absolute Gasteiger partial charge is 0.180 e. The van der Waals surface area contributed by atoms with Crippen molar-refractivity contribution in [2.45, 2.75) is 31.7 Å². The number of nitrogens with one attached hydrogen (secondary N) is 1. The zero-order valence-electron chi connectivity index (χ0n) is 9.06. The van der Waals surface area contributed by atoms with Crippen LogP contribution < -0.4 is 11.1 Å². The minimum absolute atomic E-state index is 0.519. The molecule has 0 aromatic carbocycles. The average molecular weight is 217 g/mol. The number of nitrogen functional groups attached to an aromatic ring is 1. The standard InChI is InChI=1S/C11H15N5/c12-9-7-16-6-5-13-11(16)10(15-9)14-8-3-1-2-4-8/h5-8H,1-4,12H2,(H,14,15). The molecule has 2 aromatic heterocycles.